The monoisotopic (exact) mass is 220 g/mol. The molecule has 0 heterocycles. The number of rotatable bonds is 5. The third-order valence-corrected chi connectivity index (χ3v) is 2.27. The zero-order valence-corrected chi connectivity index (χ0v) is 9.56. The van der Waals surface area contributed by atoms with Gasteiger partial charge in [0.25, 0.3) is 5.69 Å². The molecule has 0 spiro atoms. The summed E-state index contributed by atoms with van der Waals surface area (Å²) in [5.74, 6) is 0. The highest BCUT2D eigenvalue weighted by atomic mass is 16.6. The Bertz CT molecular complexity index is 400. The van der Waals surface area contributed by atoms with Crippen LogP contribution in [-0.4, -0.2) is 11.5 Å². The molecule has 1 rings (SSSR count). The summed E-state index contributed by atoms with van der Waals surface area (Å²) < 4.78 is 0. The predicted molar refractivity (Wildman–Crippen MR) is 65.8 cm³/mol. The number of hydrogen-bond acceptors (Lipinski definition) is 3. The van der Waals surface area contributed by atoms with Crippen molar-refractivity contribution in [1.82, 2.24) is 0 Å². The molecule has 1 N–H and O–H groups in total. The van der Waals surface area contributed by atoms with Crippen LogP contribution in [0.2, 0.25) is 0 Å². The van der Waals surface area contributed by atoms with Crippen LogP contribution in [0.4, 0.5) is 11.4 Å². The van der Waals surface area contributed by atoms with Gasteiger partial charge in [0.05, 0.1) is 4.92 Å². The SMILES string of the molecule is C/C=C/CCNc1ccc([N+](=O)[O-])c(C)c1. The van der Waals surface area contributed by atoms with Crippen LogP contribution in [0, 0.1) is 17.0 Å². The number of aryl methyl sites for hydroxylation is 1. The van der Waals surface area contributed by atoms with E-state index < -0.39 is 0 Å². The first-order valence-electron chi connectivity index (χ1n) is 5.25. The van der Waals surface area contributed by atoms with Crippen LogP contribution in [-0.2, 0) is 0 Å². The van der Waals surface area contributed by atoms with E-state index in [1.54, 1.807) is 19.1 Å². The second kappa shape index (κ2) is 5.90. The molecule has 0 radical (unpaired) electrons. The smallest absolute Gasteiger partial charge is 0.272 e. The first-order chi connectivity index (χ1) is 7.65. The van der Waals surface area contributed by atoms with E-state index in [9.17, 15) is 10.1 Å². The highest BCUT2D eigenvalue weighted by Crippen LogP contribution is 2.21. The lowest BCUT2D eigenvalue weighted by Crippen LogP contribution is -2.01. The fourth-order valence-corrected chi connectivity index (χ4v) is 1.44. The van der Waals surface area contributed by atoms with E-state index in [0.717, 1.165) is 18.7 Å². The Morgan fingerprint density at radius 3 is 2.81 bits per heavy atom. The van der Waals surface area contributed by atoms with Gasteiger partial charge in [-0.05, 0) is 32.4 Å². The zero-order chi connectivity index (χ0) is 12.0. The van der Waals surface area contributed by atoms with Gasteiger partial charge in [0, 0.05) is 23.9 Å². The number of allylic oxidation sites excluding steroid dienone is 1. The lowest BCUT2D eigenvalue weighted by atomic mass is 10.2. The molecule has 0 aliphatic rings. The van der Waals surface area contributed by atoms with Gasteiger partial charge in [0.2, 0.25) is 0 Å². The molecule has 16 heavy (non-hydrogen) atoms. The van der Waals surface area contributed by atoms with E-state index in [2.05, 4.69) is 11.4 Å². The summed E-state index contributed by atoms with van der Waals surface area (Å²) in [6.07, 6.45) is 5.03. The summed E-state index contributed by atoms with van der Waals surface area (Å²) in [6, 6.07) is 5.07. The van der Waals surface area contributed by atoms with Gasteiger partial charge in [-0.1, -0.05) is 12.2 Å². The Kier molecular flexibility index (Phi) is 4.51. The molecule has 86 valence electrons. The minimum absolute atomic E-state index is 0.166. The maximum atomic E-state index is 10.6. The van der Waals surface area contributed by atoms with Crippen molar-refractivity contribution in [3.63, 3.8) is 0 Å². The molecular formula is C12H16N2O2. The number of anilines is 1. The van der Waals surface area contributed by atoms with Crippen LogP contribution < -0.4 is 5.32 Å². The fraction of sp³-hybridized carbons (Fsp3) is 0.333. The lowest BCUT2D eigenvalue weighted by Gasteiger charge is -2.05. The molecule has 0 unspecified atom stereocenters. The third-order valence-electron chi connectivity index (χ3n) is 2.27. The van der Waals surface area contributed by atoms with Gasteiger partial charge < -0.3 is 5.32 Å². The predicted octanol–water partition coefficient (Wildman–Crippen LogP) is 3.28. The Morgan fingerprint density at radius 2 is 2.25 bits per heavy atom. The first kappa shape index (κ1) is 12.2. The van der Waals surface area contributed by atoms with E-state index in [1.165, 1.54) is 6.07 Å². The lowest BCUT2D eigenvalue weighted by molar-refractivity contribution is -0.385. The number of nitrogens with one attached hydrogen (secondary N) is 1. The van der Waals surface area contributed by atoms with Gasteiger partial charge in [-0.3, -0.25) is 10.1 Å². The largest absolute Gasteiger partial charge is 0.385 e. The van der Waals surface area contributed by atoms with Crippen molar-refractivity contribution in [2.45, 2.75) is 20.3 Å². The van der Waals surface area contributed by atoms with Crippen LogP contribution in [0.5, 0.6) is 0 Å². The molecular weight excluding hydrogens is 204 g/mol. The van der Waals surface area contributed by atoms with Gasteiger partial charge in [0.1, 0.15) is 0 Å². The molecule has 0 aromatic heterocycles. The minimum Gasteiger partial charge on any atom is -0.385 e. The third kappa shape index (κ3) is 3.38. The van der Waals surface area contributed by atoms with Gasteiger partial charge in [-0.25, -0.2) is 0 Å². The van der Waals surface area contributed by atoms with Crippen LogP contribution >= 0.6 is 0 Å². The van der Waals surface area contributed by atoms with Crippen molar-refractivity contribution < 1.29 is 4.92 Å². The number of nitrogens with zero attached hydrogens (tertiary/aromatic N) is 1. The number of nitro groups is 1. The quantitative estimate of drug-likeness (QED) is 0.358. The van der Waals surface area contributed by atoms with Gasteiger partial charge in [0.15, 0.2) is 0 Å². The molecule has 1 aromatic carbocycles. The van der Waals surface area contributed by atoms with Crippen LogP contribution in [0.25, 0.3) is 0 Å². The highest BCUT2D eigenvalue weighted by molar-refractivity contribution is 5.53. The van der Waals surface area contributed by atoms with Crippen molar-refractivity contribution in [2.24, 2.45) is 0 Å². The maximum absolute atomic E-state index is 10.6. The average Bonchev–Trinajstić information content (AvgIpc) is 2.24. The van der Waals surface area contributed by atoms with E-state index in [0.29, 0.717) is 5.56 Å². The van der Waals surface area contributed by atoms with Crippen LogP contribution in [0.15, 0.2) is 30.4 Å². The molecule has 0 aliphatic carbocycles. The Hall–Kier alpha value is -1.84. The first-order valence-corrected chi connectivity index (χ1v) is 5.25. The van der Waals surface area contributed by atoms with Crippen molar-refractivity contribution >= 4 is 11.4 Å². The van der Waals surface area contributed by atoms with Crippen molar-refractivity contribution in [1.29, 1.82) is 0 Å². The highest BCUT2D eigenvalue weighted by Gasteiger charge is 2.09. The second-order valence-electron chi connectivity index (χ2n) is 3.54. The second-order valence-corrected chi connectivity index (χ2v) is 3.54. The number of nitro benzene ring substituents is 1. The van der Waals surface area contributed by atoms with Crippen molar-refractivity contribution in [3.05, 3.63) is 46.0 Å². The number of hydrogen-bond donors (Lipinski definition) is 1. The van der Waals surface area contributed by atoms with Gasteiger partial charge in [-0.2, -0.15) is 0 Å². The molecule has 1 aromatic rings. The normalized spacial score (nSPS) is 10.6. The number of benzene rings is 1. The summed E-state index contributed by atoms with van der Waals surface area (Å²) in [7, 11) is 0. The van der Waals surface area contributed by atoms with E-state index in [4.69, 9.17) is 0 Å². The summed E-state index contributed by atoms with van der Waals surface area (Å²) in [6.45, 7) is 4.56. The van der Waals surface area contributed by atoms with Crippen molar-refractivity contribution in [2.75, 3.05) is 11.9 Å². The Morgan fingerprint density at radius 1 is 1.50 bits per heavy atom. The standard InChI is InChI=1S/C12H16N2O2/c1-3-4-5-8-13-11-6-7-12(14(15)16)10(2)9-11/h3-4,6-7,9,13H,5,8H2,1-2H3/b4-3+. The van der Waals surface area contributed by atoms with Crippen LogP contribution in [0.3, 0.4) is 0 Å². The topological polar surface area (TPSA) is 55.2 Å². The summed E-state index contributed by atoms with van der Waals surface area (Å²) in [5.41, 5.74) is 1.77. The molecule has 0 saturated heterocycles. The summed E-state index contributed by atoms with van der Waals surface area (Å²) in [4.78, 5) is 10.2. The summed E-state index contributed by atoms with van der Waals surface area (Å²) >= 11 is 0. The van der Waals surface area contributed by atoms with Gasteiger partial charge >= 0.3 is 0 Å². The molecule has 0 amide bonds. The van der Waals surface area contributed by atoms with Gasteiger partial charge in [-0.15, -0.1) is 0 Å². The molecule has 0 fully saturated rings. The molecule has 0 bridgehead atoms. The summed E-state index contributed by atoms with van der Waals surface area (Å²) in [5, 5.41) is 13.8. The molecule has 4 heteroatoms. The zero-order valence-electron chi connectivity index (χ0n) is 9.56. The van der Waals surface area contributed by atoms with Crippen LogP contribution in [0.1, 0.15) is 18.9 Å². The molecule has 0 aliphatic heterocycles. The fourth-order valence-electron chi connectivity index (χ4n) is 1.44. The molecule has 0 atom stereocenters. The molecule has 4 nitrogen and oxygen atoms in total. The average molecular weight is 220 g/mol. The van der Waals surface area contributed by atoms with E-state index in [-0.39, 0.29) is 10.6 Å². The van der Waals surface area contributed by atoms with E-state index >= 15 is 0 Å². The van der Waals surface area contributed by atoms with Crippen molar-refractivity contribution in [3.8, 4) is 0 Å². The van der Waals surface area contributed by atoms with E-state index in [1.807, 2.05) is 13.0 Å². The Balaban J connectivity index is 2.63. The maximum Gasteiger partial charge on any atom is 0.272 e. The Labute approximate surface area is 95.1 Å². The molecule has 0 saturated carbocycles. The minimum atomic E-state index is -0.362.